The highest BCUT2D eigenvalue weighted by Crippen LogP contribution is 1.84. The van der Waals surface area contributed by atoms with E-state index in [1.165, 1.54) is 0 Å². The van der Waals surface area contributed by atoms with Gasteiger partial charge in [0.2, 0.25) is 0 Å². The fourth-order valence-electron chi connectivity index (χ4n) is 0.161. The van der Waals surface area contributed by atoms with Gasteiger partial charge in [0.25, 0.3) is 0 Å². The lowest BCUT2D eigenvalue weighted by molar-refractivity contribution is 0.788. The van der Waals surface area contributed by atoms with Crippen LogP contribution in [0.15, 0.2) is 0 Å². The summed E-state index contributed by atoms with van der Waals surface area (Å²) in [7, 11) is 0. The molecule has 0 saturated carbocycles. The van der Waals surface area contributed by atoms with E-state index in [4.69, 9.17) is 5.84 Å². The van der Waals surface area contributed by atoms with Crippen LogP contribution in [0.3, 0.4) is 0 Å². The first-order valence-electron chi connectivity index (χ1n) is 1.84. The van der Waals surface area contributed by atoms with Crippen LogP contribution in [-0.2, 0) is 0 Å². The van der Waals surface area contributed by atoms with Crippen molar-refractivity contribution in [3.63, 3.8) is 0 Å². The van der Waals surface area contributed by atoms with E-state index in [0.29, 0.717) is 0 Å². The summed E-state index contributed by atoms with van der Waals surface area (Å²) < 4.78 is 0. The predicted octanol–water partition coefficient (Wildman–Crippen LogP) is -0.187. The monoisotopic (exact) mass is 106 g/mol. The van der Waals surface area contributed by atoms with Crippen LogP contribution in [0.2, 0.25) is 0 Å². The Morgan fingerprint density at radius 1 is 1.83 bits per heavy atom. The van der Waals surface area contributed by atoms with Crippen molar-refractivity contribution < 1.29 is 0 Å². The lowest BCUT2D eigenvalue weighted by Gasteiger charge is -1.90. The molecule has 0 radical (unpaired) electrons. The molecule has 0 atom stereocenters. The molecule has 38 valence electrons. The molecule has 0 spiro atoms. The minimum absolute atomic E-state index is 0.904. The highest BCUT2D eigenvalue weighted by Gasteiger charge is 1.73. The molecule has 0 aromatic rings. The number of hydrazine groups is 1. The molecule has 0 rings (SSSR count). The Kier molecular flexibility index (Phi) is 5.51. The van der Waals surface area contributed by atoms with E-state index in [-0.39, 0.29) is 0 Å². The zero-order chi connectivity index (χ0) is 4.83. The van der Waals surface area contributed by atoms with Gasteiger partial charge in [-0.2, -0.15) is 11.8 Å². The summed E-state index contributed by atoms with van der Waals surface area (Å²) in [4.78, 5) is 0. The summed E-state index contributed by atoms with van der Waals surface area (Å²) in [5, 5.41) is 0. The van der Waals surface area contributed by atoms with E-state index in [2.05, 4.69) is 11.7 Å². The molecule has 0 aliphatic rings. The van der Waals surface area contributed by atoms with Crippen molar-refractivity contribution in [2.45, 2.75) is 0 Å². The Hall–Kier alpha value is 0.270. The molecule has 0 bridgehead atoms. The number of thioether (sulfide) groups is 1. The Morgan fingerprint density at radius 3 is 2.67 bits per heavy atom. The van der Waals surface area contributed by atoms with Crippen molar-refractivity contribution in [1.82, 2.24) is 5.43 Å². The van der Waals surface area contributed by atoms with Crippen molar-refractivity contribution in [3.05, 3.63) is 0 Å². The van der Waals surface area contributed by atoms with Gasteiger partial charge in [-0.05, 0) is 6.26 Å². The van der Waals surface area contributed by atoms with Gasteiger partial charge >= 0.3 is 0 Å². The second-order valence-corrected chi connectivity index (χ2v) is 1.93. The van der Waals surface area contributed by atoms with Gasteiger partial charge in [-0.1, -0.05) is 0 Å². The van der Waals surface area contributed by atoms with Crippen LogP contribution in [-0.4, -0.2) is 18.6 Å². The molecule has 6 heavy (non-hydrogen) atoms. The highest BCUT2D eigenvalue weighted by molar-refractivity contribution is 7.98. The van der Waals surface area contributed by atoms with E-state index >= 15 is 0 Å². The molecule has 0 unspecified atom stereocenters. The first kappa shape index (κ1) is 6.27. The fraction of sp³-hybridized carbons (Fsp3) is 1.00. The molecule has 0 aliphatic heterocycles. The molecule has 0 aromatic carbocycles. The maximum Gasteiger partial charge on any atom is 0.0188 e. The Balaban J connectivity index is 2.34. The van der Waals surface area contributed by atoms with Crippen LogP contribution < -0.4 is 11.3 Å². The molecule has 0 aromatic heterocycles. The molecule has 0 heterocycles. The van der Waals surface area contributed by atoms with E-state index in [1.54, 1.807) is 11.8 Å². The predicted molar refractivity (Wildman–Crippen MR) is 30.6 cm³/mol. The smallest absolute Gasteiger partial charge is 0.0188 e. The van der Waals surface area contributed by atoms with Crippen LogP contribution in [0.1, 0.15) is 0 Å². The largest absolute Gasteiger partial charge is 0.271 e. The Labute approximate surface area is 42.5 Å². The third-order valence-corrected chi connectivity index (χ3v) is 1.06. The summed E-state index contributed by atoms with van der Waals surface area (Å²) in [5.74, 6) is 6.04. The van der Waals surface area contributed by atoms with Gasteiger partial charge in [-0.15, -0.1) is 0 Å². The summed E-state index contributed by atoms with van der Waals surface area (Å²) in [6.07, 6.45) is 2.05. The number of nitrogens with two attached hydrogens (primary N) is 1. The van der Waals surface area contributed by atoms with E-state index < -0.39 is 0 Å². The van der Waals surface area contributed by atoms with Crippen molar-refractivity contribution in [2.24, 2.45) is 5.84 Å². The maximum absolute atomic E-state index is 4.95. The Morgan fingerprint density at radius 2 is 2.50 bits per heavy atom. The molecule has 0 aliphatic carbocycles. The first-order valence-corrected chi connectivity index (χ1v) is 3.23. The highest BCUT2D eigenvalue weighted by atomic mass is 32.2. The van der Waals surface area contributed by atoms with Crippen LogP contribution in [0.4, 0.5) is 0 Å². The quantitative estimate of drug-likeness (QED) is 0.297. The average molecular weight is 106 g/mol. The van der Waals surface area contributed by atoms with Crippen LogP contribution in [0.25, 0.3) is 0 Å². The summed E-state index contributed by atoms with van der Waals surface area (Å²) >= 11 is 1.78. The van der Waals surface area contributed by atoms with Gasteiger partial charge in [0, 0.05) is 12.3 Å². The molecular formula is C3H10N2S. The number of hydrogen-bond acceptors (Lipinski definition) is 3. The summed E-state index contributed by atoms with van der Waals surface area (Å²) in [6.45, 7) is 0.904. The summed E-state index contributed by atoms with van der Waals surface area (Å²) in [6, 6.07) is 0. The molecule has 2 nitrogen and oxygen atoms in total. The second-order valence-electron chi connectivity index (χ2n) is 0.947. The Bertz CT molecular complexity index is 20.8. The third-order valence-electron chi connectivity index (χ3n) is 0.451. The molecule has 0 fully saturated rings. The number of nitrogens with one attached hydrogen (secondary N) is 1. The van der Waals surface area contributed by atoms with Gasteiger partial charge in [-0.3, -0.25) is 11.3 Å². The third kappa shape index (κ3) is 4.27. The van der Waals surface area contributed by atoms with Crippen molar-refractivity contribution in [3.8, 4) is 0 Å². The molecule has 3 N–H and O–H groups in total. The van der Waals surface area contributed by atoms with Gasteiger partial charge in [0.05, 0.1) is 0 Å². The minimum atomic E-state index is 0.904. The maximum atomic E-state index is 4.95. The topological polar surface area (TPSA) is 38.0 Å². The minimum Gasteiger partial charge on any atom is -0.271 e. The molecular weight excluding hydrogens is 96.1 g/mol. The fourth-order valence-corrected chi connectivity index (χ4v) is 0.483. The zero-order valence-electron chi connectivity index (χ0n) is 3.90. The normalized spacial score (nSPS) is 9.00. The standard InChI is InChI=1S/C3H10N2S/c1-6-3-2-5-4/h5H,2-4H2,1H3. The zero-order valence-corrected chi connectivity index (χ0v) is 4.72. The van der Waals surface area contributed by atoms with Gasteiger partial charge in [0.15, 0.2) is 0 Å². The SMILES string of the molecule is CSCCNN. The lowest BCUT2D eigenvalue weighted by Crippen LogP contribution is -2.24. The van der Waals surface area contributed by atoms with Crippen LogP contribution in [0.5, 0.6) is 0 Å². The number of hydrogen-bond donors (Lipinski definition) is 2. The van der Waals surface area contributed by atoms with Gasteiger partial charge < -0.3 is 0 Å². The van der Waals surface area contributed by atoms with Crippen LogP contribution in [0, 0.1) is 0 Å². The lowest BCUT2D eigenvalue weighted by atomic mass is 10.8. The van der Waals surface area contributed by atoms with Crippen molar-refractivity contribution in [1.29, 1.82) is 0 Å². The van der Waals surface area contributed by atoms with Gasteiger partial charge in [0.1, 0.15) is 0 Å². The van der Waals surface area contributed by atoms with E-state index in [9.17, 15) is 0 Å². The molecule has 0 amide bonds. The first-order chi connectivity index (χ1) is 2.91. The molecule has 3 heteroatoms. The van der Waals surface area contributed by atoms with E-state index in [1.807, 2.05) is 0 Å². The summed E-state index contributed by atoms with van der Waals surface area (Å²) in [5.41, 5.74) is 2.55. The van der Waals surface area contributed by atoms with E-state index in [0.717, 1.165) is 12.3 Å². The van der Waals surface area contributed by atoms with Crippen molar-refractivity contribution in [2.75, 3.05) is 18.6 Å². The average Bonchev–Trinajstić information content (AvgIpc) is 1.61. The van der Waals surface area contributed by atoms with Gasteiger partial charge in [-0.25, -0.2) is 0 Å². The second kappa shape index (κ2) is 5.27. The van der Waals surface area contributed by atoms with Crippen LogP contribution >= 0.6 is 11.8 Å². The number of rotatable bonds is 3. The van der Waals surface area contributed by atoms with Crippen molar-refractivity contribution >= 4 is 11.8 Å². The molecule has 0 saturated heterocycles.